The fourth-order valence-corrected chi connectivity index (χ4v) is 3.92. The standard InChI is InChI=1S/C22H23N3O5S/c1-4-30-21(28)14-9-11-15(12-10-14)23-22-25(2)19(26)13-18(31-22)20(27)24-16-7-5-6-8-17(16)29-3/h5-12,18H,4,13H2,1-3H3,(H,24,27)/t18-/m1/s1. The summed E-state index contributed by atoms with van der Waals surface area (Å²) in [4.78, 5) is 43.0. The fourth-order valence-electron chi connectivity index (χ4n) is 2.86. The maximum absolute atomic E-state index is 12.8. The Morgan fingerprint density at radius 3 is 2.58 bits per heavy atom. The normalized spacial score (nSPS) is 17.4. The minimum Gasteiger partial charge on any atom is -0.495 e. The van der Waals surface area contributed by atoms with Crippen LogP contribution in [0.4, 0.5) is 11.4 Å². The minimum absolute atomic E-state index is 0.0585. The molecule has 1 fully saturated rings. The Bertz CT molecular complexity index is 1010. The van der Waals surface area contributed by atoms with E-state index >= 15 is 0 Å². The van der Waals surface area contributed by atoms with E-state index in [1.165, 1.54) is 23.8 Å². The van der Waals surface area contributed by atoms with Crippen molar-refractivity contribution in [1.29, 1.82) is 0 Å². The van der Waals surface area contributed by atoms with Crippen LogP contribution in [0.25, 0.3) is 0 Å². The maximum Gasteiger partial charge on any atom is 0.338 e. The van der Waals surface area contributed by atoms with E-state index < -0.39 is 11.2 Å². The van der Waals surface area contributed by atoms with Gasteiger partial charge < -0.3 is 14.8 Å². The van der Waals surface area contributed by atoms with Gasteiger partial charge in [-0.05, 0) is 43.3 Å². The average molecular weight is 442 g/mol. The van der Waals surface area contributed by atoms with Gasteiger partial charge in [-0.2, -0.15) is 0 Å². The Morgan fingerprint density at radius 2 is 1.90 bits per heavy atom. The van der Waals surface area contributed by atoms with E-state index in [0.29, 0.717) is 34.5 Å². The van der Waals surface area contributed by atoms with E-state index in [4.69, 9.17) is 9.47 Å². The van der Waals surface area contributed by atoms with Crippen LogP contribution >= 0.6 is 11.8 Å². The number of hydrogen-bond acceptors (Lipinski definition) is 7. The van der Waals surface area contributed by atoms with Crippen LogP contribution in [0.1, 0.15) is 23.7 Å². The van der Waals surface area contributed by atoms with E-state index in [9.17, 15) is 14.4 Å². The maximum atomic E-state index is 12.8. The highest BCUT2D eigenvalue weighted by atomic mass is 32.2. The minimum atomic E-state index is -0.633. The Labute approximate surface area is 184 Å². The summed E-state index contributed by atoms with van der Waals surface area (Å²) >= 11 is 1.21. The van der Waals surface area contributed by atoms with Gasteiger partial charge in [0.1, 0.15) is 11.0 Å². The van der Waals surface area contributed by atoms with Crippen molar-refractivity contribution in [2.75, 3.05) is 26.1 Å². The third kappa shape index (κ3) is 5.43. The number of para-hydroxylation sites is 2. The number of nitrogens with one attached hydrogen (secondary N) is 1. The molecule has 0 spiro atoms. The summed E-state index contributed by atoms with van der Waals surface area (Å²) in [5.41, 5.74) is 1.51. The third-order valence-corrected chi connectivity index (χ3v) is 5.77. The third-order valence-electron chi connectivity index (χ3n) is 4.53. The van der Waals surface area contributed by atoms with Crippen molar-refractivity contribution in [2.24, 2.45) is 4.99 Å². The molecule has 1 heterocycles. The molecule has 9 heteroatoms. The second-order valence-corrected chi connectivity index (χ2v) is 7.78. The molecule has 0 aromatic heterocycles. The first kappa shape index (κ1) is 22.4. The lowest BCUT2D eigenvalue weighted by atomic mass is 10.2. The van der Waals surface area contributed by atoms with Crippen LogP contribution in [0.3, 0.4) is 0 Å². The predicted molar refractivity (Wildman–Crippen MR) is 120 cm³/mol. The number of carbonyl (C=O) groups excluding carboxylic acids is 3. The highest BCUT2D eigenvalue weighted by Gasteiger charge is 2.34. The molecule has 0 unspecified atom stereocenters. The summed E-state index contributed by atoms with van der Waals surface area (Å²) in [7, 11) is 3.15. The van der Waals surface area contributed by atoms with Crippen LogP contribution in [-0.4, -0.2) is 53.9 Å². The molecule has 1 aliphatic heterocycles. The molecule has 1 N–H and O–H groups in total. The zero-order valence-electron chi connectivity index (χ0n) is 17.5. The molecule has 1 atom stereocenters. The number of aliphatic imine (C=N–C) groups is 1. The summed E-state index contributed by atoms with van der Waals surface area (Å²) in [6, 6.07) is 13.6. The van der Waals surface area contributed by atoms with Gasteiger partial charge in [-0.15, -0.1) is 0 Å². The van der Waals surface area contributed by atoms with Crippen molar-refractivity contribution in [3.05, 3.63) is 54.1 Å². The summed E-state index contributed by atoms with van der Waals surface area (Å²) in [6.07, 6.45) is 0.0585. The van der Waals surface area contributed by atoms with Crippen molar-refractivity contribution in [3.63, 3.8) is 0 Å². The first-order chi connectivity index (χ1) is 14.9. The van der Waals surface area contributed by atoms with Gasteiger partial charge in [-0.25, -0.2) is 9.79 Å². The molecule has 0 bridgehead atoms. The molecule has 1 aliphatic rings. The Hall–Kier alpha value is -3.33. The van der Waals surface area contributed by atoms with Crippen LogP contribution in [-0.2, 0) is 14.3 Å². The topological polar surface area (TPSA) is 97.3 Å². The molecule has 0 radical (unpaired) electrons. The number of amides is 2. The van der Waals surface area contributed by atoms with Gasteiger partial charge in [0.15, 0.2) is 5.17 Å². The van der Waals surface area contributed by atoms with Gasteiger partial charge >= 0.3 is 5.97 Å². The van der Waals surface area contributed by atoms with E-state index in [-0.39, 0.29) is 18.2 Å². The number of methoxy groups -OCH3 is 1. The number of ether oxygens (including phenoxy) is 2. The lowest BCUT2D eigenvalue weighted by molar-refractivity contribution is -0.128. The van der Waals surface area contributed by atoms with Crippen LogP contribution < -0.4 is 10.1 Å². The summed E-state index contributed by atoms with van der Waals surface area (Å²) in [5, 5.41) is 2.59. The van der Waals surface area contributed by atoms with Gasteiger partial charge in [0.05, 0.1) is 30.7 Å². The number of rotatable bonds is 6. The molecule has 0 saturated carbocycles. The Balaban J connectivity index is 1.76. The van der Waals surface area contributed by atoms with E-state index in [2.05, 4.69) is 10.3 Å². The molecular weight excluding hydrogens is 418 g/mol. The molecule has 3 rings (SSSR count). The molecule has 2 amide bonds. The quantitative estimate of drug-likeness (QED) is 0.690. The van der Waals surface area contributed by atoms with Crippen molar-refractivity contribution in [3.8, 4) is 5.75 Å². The highest BCUT2D eigenvalue weighted by molar-refractivity contribution is 8.15. The molecule has 162 valence electrons. The summed E-state index contributed by atoms with van der Waals surface area (Å²) < 4.78 is 10.2. The number of carbonyl (C=O) groups is 3. The SMILES string of the molecule is CCOC(=O)c1ccc(N=C2S[C@@H](C(=O)Nc3ccccc3OC)CC(=O)N2C)cc1. The zero-order valence-corrected chi connectivity index (χ0v) is 18.3. The van der Waals surface area contributed by atoms with E-state index in [1.807, 2.05) is 0 Å². The van der Waals surface area contributed by atoms with Crippen molar-refractivity contribution < 1.29 is 23.9 Å². The molecule has 0 aliphatic carbocycles. The van der Waals surface area contributed by atoms with Crippen LogP contribution in [0.5, 0.6) is 5.75 Å². The monoisotopic (exact) mass is 441 g/mol. The zero-order chi connectivity index (χ0) is 22.4. The van der Waals surface area contributed by atoms with Crippen molar-refractivity contribution in [2.45, 2.75) is 18.6 Å². The molecular formula is C22H23N3O5S. The molecule has 1 saturated heterocycles. The Kier molecular flexibility index (Phi) is 7.30. The highest BCUT2D eigenvalue weighted by Crippen LogP contribution is 2.30. The molecule has 2 aromatic carbocycles. The molecule has 31 heavy (non-hydrogen) atoms. The number of amidine groups is 1. The first-order valence-corrected chi connectivity index (χ1v) is 10.5. The largest absolute Gasteiger partial charge is 0.495 e. The number of anilines is 1. The van der Waals surface area contributed by atoms with Crippen LogP contribution in [0.2, 0.25) is 0 Å². The summed E-state index contributed by atoms with van der Waals surface area (Å²) in [6.45, 7) is 2.04. The lowest BCUT2D eigenvalue weighted by Crippen LogP contribution is -2.43. The van der Waals surface area contributed by atoms with E-state index in [0.717, 1.165) is 0 Å². The molecule has 2 aromatic rings. The second kappa shape index (κ2) is 10.1. The van der Waals surface area contributed by atoms with E-state index in [1.54, 1.807) is 62.5 Å². The first-order valence-electron chi connectivity index (χ1n) is 9.66. The second-order valence-electron chi connectivity index (χ2n) is 6.61. The number of nitrogens with zero attached hydrogens (tertiary/aromatic N) is 2. The van der Waals surface area contributed by atoms with Crippen molar-refractivity contribution >= 4 is 46.1 Å². The molecule has 8 nitrogen and oxygen atoms in total. The number of hydrogen-bond donors (Lipinski definition) is 1. The summed E-state index contributed by atoms with van der Waals surface area (Å²) in [5.74, 6) is -0.382. The van der Waals surface area contributed by atoms with Crippen LogP contribution in [0.15, 0.2) is 53.5 Å². The lowest BCUT2D eigenvalue weighted by Gasteiger charge is -2.29. The van der Waals surface area contributed by atoms with Gasteiger partial charge in [0.2, 0.25) is 11.8 Å². The predicted octanol–water partition coefficient (Wildman–Crippen LogP) is 3.46. The average Bonchev–Trinajstić information content (AvgIpc) is 2.77. The van der Waals surface area contributed by atoms with Crippen LogP contribution in [0, 0.1) is 0 Å². The van der Waals surface area contributed by atoms with Gasteiger partial charge in [0, 0.05) is 13.5 Å². The number of benzene rings is 2. The number of thioether (sulfide) groups is 1. The Morgan fingerprint density at radius 1 is 1.19 bits per heavy atom. The fraction of sp³-hybridized carbons (Fsp3) is 0.273. The van der Waals surface area contributed by atoms with Crippen molar-refractivity contribution in [1.82, 2.24) is 4.90 Å². The smallest absolute Gasteiger partial charge is 0.338 e. The van der Waals surface area contributed by atoms with Gasteiger partial charge in [-0.3, -0.25) is 14.5 Å². The number of esters is 1. The van der Waals surface area contributed by atoms with Gasteiger partial charge in [-0.1, -0.05) is 23.9 Å². The van der Waals surface area contributed by atoms with Gasteiger partial charge in [0.25, 0.3) is 0 Å².